The monoisotopic (exact) mass is 715 g/mol. The fourth-order valence-electron chi connectivity index (χ4n) is 6.11. The summed E-state index contributed by atoms with van der Waals surface area (Å²) in [5.74, 6) is -0.494. The van der Waals surface area contributed by atoms with Crippen LogP contribution < -0.4 is 10.6 Å². The largest absolute Gasteiger partial charge is 0.382 e. The molecule has 6 rings (SSSR count). The average molecular weight is 716 g/mol. The van der Waals surface area contributed by atoms with Gasteiger partial charge in [-0.05, 0) is 86.3 Å². The van der Waals surface area contributed by atoms with Crippen LogP contribution in [0.4, 0.5) is 20.2 Å². The molecule has 0 aliphatic carbocycles. The molecule has 0 saturated heterocycles. The Kier molecular flexibility index (Phi) is 11.7. The Bertz CT molecular complexity index is 1860. The Labute approximate surface area is 300 Å². The first-order valence-electron chi connectivity index (χ1n) is 17.4. The summed E-state index contributed by atoms with van der Waals surface area (Å²) in [6.45, 7) is 8.70. The van der Waals surface area contributed by atoms with Crippen LogP contribution in [-0.2, 0) is 0 Å². The molecule has 0 fully saturated rings. The number of fused-ring (bicyclic) bond motifs is 1. The van der Waals surface area contributed by atoms with E-state index >= 15 is 8.78 Å². The van der Waals surface area contributed by atoms with Crippen molar-refractivity contribution in [1.82, 2.24) is 13.7 Å². The van der Waals surface area contributed by atoms with Crippen LogP contribution in [0.5, 0.6) is 0 Å². The van der Waals surface area contributed by atoms with Crippen molar-refractivity contribution in [1.29, 1.82) is 0 Å². The minimum atomic E-state index is -0.250. The zero-order valence-electron chi connectivity index (χ0n) is 28.5. The van der Waals surface area contributed by atoms with E-state index in [1.54, 1.807) is 12.1 Å². The SMILES string of the molecule is CCCCC(CC)Nc1ccc(-c2ccc(-c3cnc(-c4ccc(-c5ccc(NC(CC)CCCC)cc5F)s4)c4nsnc34)s2)c(F)c1. The van der Waals surface area contributed by atoms with Crippen LogP contribution in [0.2, 0.25) is 0 Å². The van der Waals surface area contributed by atoms with E-state index in [1.807, 2.05) is 54.7 Å². The molecule has 0 aliphatic rings. The van der Waals surface area contributed by atoms with E-state index in [9.17, 15) is 0 Å². The molecule has 2 unspecified atom stereocenters. The maximum absolute atomic E-state index is 15.4. The number of anilines is 2. The molecule has 0 spiro atoms. The van der Waals surface area contributed by atoms with Gasteiger partial charge >= 0.3 is 0 Å². The fourth-order valence-corrected chi connectivity index (χ4v) is 8.75. The Morgan fingerprint density at radius 2 is 1.10 bits per heavy atom. The van der Waals surface area contributed by atoms with E-state index < -0.39 is 0 Å². The quantitative estimate of drug-likeness (QED) is 0.104. The third kappa shape index (κ3) is 8.03. The second-order valence-corrected chi connectivity index (χ2v) is 15.2. The molecule has 5 nitrogen and oxygen atoms in total. The smallest absolute Gasteiger partial charge is 0.133 e. The van der Waals surface area contributed by atoms with Crippen molar-refractivity contribution in [2.45, 2.75) is 91.1 Å². The van der Waals surface area contributed by atoms with Crippen molar-refractivity contribution in [3.05, 3.63) is 78.5 Å². The van der Waals surface area contributed by atoms with Crippen molar-refractivity contribution < 1.29 is 8.78 Å². The molecule has 0 aliphatic heterocycles. The first-order chi connectivity index (χ1) is 23.9. The van der Waals surface area contributed by atoms with Crippen LogP contribution >= 0.6 is 34.4 Å². The van der Waals surface area contributed by atoms with Gasteiger partial charge in [0.15, 0.2) is 0 Å². The molecule has 2 atom stereocenters. The second-order valence-electron chi connectivity index (χ2n) is 12.5. The third-order valence-corrected chi connectivity index (χ3v) is 11.8. The maximum atomic E-state index is 15.4. The number of halogens is 2. The third-order valence-electron chi connectivity index (χ3n) is 9.01. The van der Waals surface area contributed by atoms with Gasteiger partial charge in [0, 0.05) is 61.0 Å². The van der Waals surface area contributed by atoms with Crippen LogP contribution in [0.3, 0.4) is 0 Å². The summed E-state index contributed by atoms with van der Waals surface area (Å²) in [5.41, 5.74) is 5.81. The minimum absolute atomic E-state index is 0.245. The molecule has 49 heavy (non-hydrogen) atoms. The number of rotatable bonds is 16. The Morgan fingerprint density at radius 1 is 0.612 bits per heavy atom. The molecule has 6 aromatic rings. The highest BCUT2D eigenvalue weighted by Crippen LogP contribution is 2.42. The van der Waals surface area contributed by atoms with Gasteiger partial charge in [-0.3, -0.25) is 4.98 Å². The number of nitrogens with zero attached hydrogens (tertiary/aromatic N) is 3. The molecular formula is C39H43F2N5S3. The van der Waals surface area contributed by atoms with Gasteiger partial charge in [-0.25, -0.2) is 8.78 Å². The topological polar surface area (TPSA) is 62.7 Å². The van der Waals surface area contributed by atoms with Crippen LogP contribution in [0.15, 0.2) is 66.9 Å². The number of benzene rings is 2. The molecule has 2 aromatic carbocycles. The lowest BCUT2D eigenvalue weighted by Gasteiger charge is -2.18. The van der Waals surface area contributed by atoms with E-state index in [-0.39, 0.29) is 11.6 Å². The molecule has 0 saturated carbocycles. The lowest BCUT2D eigenvalue weighted by molar-refractivity contribution is 0.591. The lowest BCUT2D eigenvalue weighted by Crippen LogP contribution is -2.18. The standard InChI is InChI=1S/C39H43F2N5S3/c1-5-9-11-24(7-3)43-26-13-15-28(31(40)21-26)33-17-18-35(47-33)30-23-42-38(39-37(30)45-49-46-39)36-20-19-34(48-36)29-16-14-27(22-32(29)41)44-25(8-4)12-10-6-2/h13-25,43-44H,5-12H2,1-4H3. The number of thiophene rings is 2. The Balaban J connectivity index is 1.21. The summed E-state index contributed by atoms with van der Waals surface area (Å²) in [6.07, 6.45) is 10.6. The Morgan fingerprint density at radius 3 is 1.61 bits per heavy atom. The summed E-state index contributed by atoms with van der Waals surface area (Å²) in [4.78, 5) is 8.35. The van der Waals surface area contributed by atoms with Crippen molar-refractivity contribution >= 4 is 56.8 Å². The van der Waals surface area contributed by atoms with E-state index in [2.05, 4.69) is 47.1 Å². The molecule has 256 valence electrons. The molecule has 10 heteroatoms. The zero-order valence-corrected chi connectivity index (χ0v) is 30.9. The predicted molar refractivity (Wildman–Crippen MR) is 207 cm³/mol. The van der Waals surface area contributed by atoms with E-state index in [0.29, 0.717) is 28.7 Å². The van der Waals surface area contributed by atoms with Gasteiger partial charge in [-0.1, -0.05) is 53.4 Å². The molecule has 0 bridgehead atoms. The lowest BCUT2D eigenvalue weighted by atomic mass is 10.1. The second kappa shape index (κ2) is 16.3. The molecule has 0 radical (unpaired) electrons. The van der Waals surface area contributed by atoms with Gasteiger partial charge in [0.1, 0.15) is 28.4 Å². The zero-order chi connectivity index (χ0) is 34.3. The van der Waals surface area contributed by atoms with Crippen LogP contribution in [0.1, 0.15) is 79.1 Å². The van der Waals surface area contributed by atoms with Crippen molar-refractivity contribution in [2.75, 3.05) is 10.6 Å². The van der Waals surface area contributed by atoms with Crippen molar-refractivity contribution in [3.8, 4) is 41.9 Å². The average Bonchev–Trinajstić information content (AvgIpc) is 3.90. The van der Waals surface area contributed by atoms with E-state index in [1.165, 1.54) is 22.7 Å². The molecule has 0 amide bonds. The normalized spacial score (nSPS) is 12.8. The number of hydrogen-bond donors (Lipinski definition) is 2. The highest BCUT2D eigenvalue weighted by molar-refractivity contribution is 7.19. The van der Waals surface area contributed by atoms with Crippen molar-refractivity contribution in [3.63, 3.8) is 0 Å². The van der Waals surface area contributed by atoms with Gasteiger partial charge in [0.05, 0.1) is 16.6 Å². The number of aromatic nitrogens is 3. The highest BCUT2D eigenvalue weighted by Gasteiger charge is 2.20. The molecule has 4 heterocycles. The van der Waals surface area contributed by atoms with Crippen LogP contribution in [-0.4, -0.2) is 25.8 Å². The van der Waals surface area contributed by atoms with Gasteiger partial charge in [0.25, 0.3) is 0 Å². The number of unbranched alkanes of at least 4 members (excludes halogenated alkanes) is 2. The summed E-state index contributed by atoms with van der Waals surface area (Å²) in [7, 11) is 0. The van der Waals surface area contributed by atoms with Gasteiger partial charge < -0.3 is 10.6 Å². The van der Waals surface area contributed by atoms with Gasteiger partial charge in [-0.2, -0.15) is 8.75 Å². The maximum Gasteiger partial charge on any atom is 0.133 e. The predicted octanol–water partition coefficient (Wildman–Crippen LogP) is 12.9. The van der Waals surface area contributed by atoms with Crippen LogP contribution in [0.25, 0.3) is 52.9 Å². The minimum Gasteiger partial charge on any atom is -0.382 e. The number of hydrogen-bond acceptors (Lipinski definition) is 8. The molecule has 2 N–H and O–H groups in total. The fraction of sp³-hybridized carbons (Fsp3) is 0.359. The number of nitrogens with one attached hydrogen (secondary N) is 2. The summed E-state index contributed by atoms with van der Waals surface area (Å²) >= 11 is 4.15. The highest BCUT2D eigenvalue weighted by atomic mass is 32.1. The first-order valence-corrected chi connectivity index (χ1v) is 19.7. The number of pyridine rings is 1. The van der Waals surface area contributed by atoms with Gasteiger partial charge in [0.2, 0.25) is 0 Å². The summed E-state index contributed by atoms with van der Waals surface area (Å²) in [5, 5.41) is 7.00. The first kappa shape index (κ1) is 35.1. The summed E-state index contributed by atoms with van der Waals surface area (Å²) < 4.78 is 40.0. The molecular weight excluding hydrogens is 673 g/mol. The Hall–Kier alpha value is -3.73. The van der Waals surface area contributed by atoms with Crippen LogP contribution in [0, 0.1) is 11.6 Å². The van der Waals surface area contributed by atoms with E-state index in [4.69, 9.17) is 4.98 Å². The summed E-state index contributed by atoms with van der Waals surface area (Å²) in [6, 6.07) is 19.4. The van der Waals surface area contributed by atoms with Crippen molar-refractivity contribution in [2.24, 2.45) is 0 Å². The van der Waals surface area contributed by atoms with Gasteiger partial charge in [-0.15, -0.1) is 22.7 Å². The molecule has 4 aromatic heterocycles. The van der Waals surface area contributed by atoms with E-state index in [0.717, 1.165) is 111 Å².